The molecule has 2 heteroatoms. The van der Waals surface area contributed by atoms with Crippen LogP contribution in [0.2, 0.25) is 0 Å². The van der Waals surface area contributed by atoms with Gasteiger partial charge in [-0.1, -0.05) is 58.3 Å². The van der Waals surface area contributed by atoms with Crippen LogP contribution < -0.4 is 0 Å². The maximum absolute atomic E-state index is 10.3. The summed E-state index contributed by atoms with van der Waals surface area (Å²) in [4.78, 5) is 10.3. The van der Waals surface area contributed by atoms with Gasteiger partial charge in [0, 0.05) is 6.42 Å². The zero-order valence-electron chi connectivity index (χ0n) is 11.3. The van der Waals surface area contributed by atoms with Crippen molar-refractivity contribution in [3.8, 4) is 0 Å². The van der Waals surface area contributed by atoms with Crippen LogP contribution in [0.3, 0.4) is 0 Å². The third kappa shape index (κ3) is 7.40. The van der Waals surface area contributed by atoms with Crippen LogP contribution in [0.25, 0.3) is 0 Å². The Morgan fingerprint density at radius 2 is 1.59 bits per heavy atom. The number of carboxylic acid groups (broad SMARTS) is 1. The van der Waals surface area contributed by atoms with Crippen molar-refractivity contribution in [1.29, 1.82) is 0 Å². The molecule has 100 valence electrons. The second kappa shape index (κ2) is 8.54. The van der Waals surface area contributed by atoms with E-state index in [-0.39, 0.29) is 0 Å². The summed E-state index contributed by atoms with van der Waals surface area (Å²) in [5.74, 6) is 1.45. The standard InChI is InChI=1S/C15H28O2/c1-2-3-9-13-12-14(13)10-7-5-4-6-8-11-15(16)17/h13-14H,2-12H2,1H3,(H,16,17). The molecule has 0 heterocycles. The third-order valence-corrected chi connectivity index (χ3v) is 3.96. The zero-order chi connectivity index (χ0) is 12.5. The molecular weight excluding hydrogens is 212 g/mol. The lowest BCUT2D eigenvalue weighted by atomic mass is 10.1. The summed E-state index contributed by atoms with van der Waals surface area (Å²) in [5, 5.41) is 8.50. The SMILES string of the molecule is CCCCC1CC1CCCCCCCC(=O)O. The molecule has 2 nitrogen and oxygen atoms in total. The van der Waals surface area contributed by atoms with Gasteiger partial charge in [0.25, 0.3) is 0 Å². The van der Waals surface area contributed by atoms with Crippen molar-refractivity contribution in [2.45, 2.75) is 77.6 Å². The van der Waals surface area contributed by atoms with E-state index in [9.17, 15) is 4.79 Å². The van der Waals surface area contributed by atoms with E-state index in [1.165, 1.54) is 51.4 Å². The van der Waals surface area contributed by atoms with Crippen LogP contribution in [0.4, 0.5) is 0 Å². The molecule has 1 aliphatic rings. The summed E-state index contributed by atoms with van der Waals surface area (Å²) in [6.07, 6.45) is 13.3. The van der Waals surface area contributed by atoms with Crippen LogP contribution in [-0.2, 0) is 4.79 Å². The van der Waals surface area contributed by atoms with E-state index in [1.54, 1.807) is 0 Å². The van der Waals surface area contributed by atoms with E-state index in [0.717, 1.165) is 24.7 Å². The fraction of sp³-hybridized carbons (Fsp3) is 0.933. The van der Waals surface area contributed by atoms with Gasteiger partial charge in [0.2, 0.25) is 0 Å². The predicted octanol–water partition coefficient (Wildman–Crippen LogP) is 4.63. The van der Waals surface area contributed by atoms with Gasteiger partial charge in [-0.25, -0.2) is 0 Å². The first-order valence-electron chi connectivity index (χ1n) is 7.45. The van der Waals surface area contributed by atoms with Gasteiger partial charge in [-0.15, -0.1) is 0 Å². The van der Waals surface area contributed by atoms with Gasteiger partial charge in [0.1, 0.15) is 0 Å². The Bertz CT molecular complexity index is 213. The first-order valence-corrected chi connectivity index (χ1v) is 7.45. The number of aliphatic carboxylic acids is 1. The number of rotatable bonds is 11. The van der Waals surface area contributed by atoms with Crippen molar-refractivity contribution in [3.63, 3.8) is 0 Å². The number of carbonyl (C=O) groups is 1. The number of hydrogen-bond acceptors (Lipinski definition) is 1. The van der Waals surface area contributed by atoms with Gasteiger partial charge in [0.15, 0.2) is 0 Å². The molecule has 0 amide bonds. The van der Waals surface area contributed by atoms with E-state index in [0.29, 0.717) is 6.42 Å². The Kier molecular flexibility index (Phi) is 7.30. The minimum absolute atomic E-state index is 0.349. The summed E-state index contributed by atoms with van der Waals surface area (Å²) in [6.45, 7) is 2.27. The summed E-state index contributed by atoms with van der Waals surface area (Å²) < 4.78 is 0. The molecule has 2 unspecified atom stereocenters. The Morgan fingerprint density at radius 3 is 2.24 bits per heavy atom. The molecule has 0 aromatic rings. The van der Waals surface area contributed by atoms with Gasteiger partial charge < -0.3 is 5.11 Å². The highest BCUT2D eigenvalue weighted by Crippen LogP contribution is 2.45. The average molecular weight is 240 g/mol. The average Bonchev–Trinajstić information content (AvgIpc) is 3.03. The third-order valence-electron chi connectivity index (χ3n) is 3.96. The summed E-state index contributed by atoms with van der Waals surface area (Å²) in [7, 11) is 0. The Morgan fingerprint density at radius 1 is 1.00 bits per heavy atom. The Balaban J connectivity index is 1.78. The Labute approximate surface area is 106 Å². The summed E-state index contributed by atoms with van der Waals surface area (Å²) in [5.41, 5.74) is 0. The lowest BCUT2D eigenvalue weighted by Crippen LogP contribution is -1.93. The molecule has 0 saturated heterocycles. The molecule has 0 radical (unpaired) electrons. The molecule has 1 saturated carbocycles. The lowest BCUT2D eigenvalue weighted by Gasteiger charge is -2.01. The molecule has 1 N–H and O–H groups in total. The number of carboxylic acids is 1. The van der Waals surface area contributed by atoms with E-state index < -0.39 is 5.97 Å². The molecule has 0 aliphatic heterocycles. The van der Waals surface area contributed by atoms with Crippen LogP contribution in [0, 0.1) is 11.8 Å². The largest absolute Gasteiger partial charge is 0.481 e. The topological polar surface area (TPSA) is 37.3 Å². The fourth-order valence-corrected chi connectivity index (χ4v) is 2.70. The fourth-order valence-electron chi connectivity index (χ4n) is 2.70. The second-order valence-corrected chi connectivity index (χ2v) is 5.60. The smallest absolute Gasteiger partial charge is 0.303 e. The molecule has 1 rings (SSSR count). The van der Waals surface area contributed by atoms with Gasteiger partial charge in [-0.05, 0) is 24.7 Å². The van der Waals surface area contributed by atoms with Crippen molar-refractivity contribution in [1.82, 2.24) is 0 Å². The van der Waals surface area contributed by atoms with Gasteiger partial charge in [0.05, 0.1) is 0 Å². The molecule has 1 aliphatic carbocycles. The molecule has 0 spiro atoms. The van der Waals surface area contributed by atoms with Crippen molar-refractivity contribution < 1.29 is 9.90 Å². The first-order chi connectivity index (χ1) is 8.24. The molecule has 17 heavy (non-hydrogen) atoms. The van der Waals surface area contributed by atoms with E-state index >= 15 is 0 Å². The lowest BCUT2D eigenvalue weighted by molar-refractivity contribution is -0.137. The van der Waals surface area contributed by atoms with E-state index in [2.05, 4.69) is 6.92 Å². The highest BCUT2D eigenvalue weighted by molar-refractivity contribution is 5.66. The monoisotopic (exact) mass is 240 g/mol. The quantitative estimate of drug-likeness (QED) is 0.535. The summed E-state index contributed by atoms with van der Waals surface area (Å²) in [6, 6.07) is 0. The van der Waals surface area contributed by atoms with Crippen molar-refractivity contribution in [2.24, 2.45) is 11.8 Å². The molecule has 2 atom stereocenters. The summed E-state index contributed by atoms with van der Waals surface area (Å²) >= 11 is 0. The highest BCUT2D eigenvalue weighted by Gasteiger charge is 2.34. The molecule has 1 fully saturated rings. The van der Waals surface area contributed by atoms with Crippen LogP contribution in [0.5, 0.6) is 0 Å². The Hall–Kier alpha value is -0.530. The normalized spacial score (nSPS) is 22.6. The van der Waals surface area contributed by atoms with Crippen molar-refractivity contribution in [3.05, 3.63) is 0 Å². The number of unbranched alkanes of at least 4 members (excludes halogenated alkanes) is 5. The highest BCUT2D eigenvalue weighted by atomic mass is 16.4. The minimum atomic E-state index is -0.651. The predicted molar refractivity (Wildman–Crippen MR) is 71.1 cm³/mol. The second-order valence-electron chi connectivity index (χ2n) is 5.60. The van der Waals surface area contributed by atoms with E-state index in [4.69, 9.17) is 5.11 Å². The first kappa shape index (κ1) is 14.5. The van der Waals surface area contributed by atoms with Crippen LogP contribution in [0.15, 0.2) is 0 Å². The van der Waals surface area contributed by atoms with Gasteiger partial charge in [-0.3, -0.25) is 4.79 Å². The molecule has 0 aromatic carbocycles. The van der Waals surface area contributed by atoms with Crippen molar-refractivity contribution >= 4 is 5.97 Å². The molecular formula is C15H28O2. The minimum Gasteiger partial charge on any atom is -0.481 e. The van der Waals surface area contributed by atoms with Crippen LogP contribution in [-0.4, -0.2) is 11.1 Å². The maximum atomic E-state index is 10.3. The van der Waals surface area contributed by atoms with Gasteiger partial charge >= 0.3 is 5.97 Å². The molecule has 0 aromatic heterocycles. The van der Waals surface area contributed by atoms with Crippen LogP contribution >= 0.6 is 0 Å². The number of hydrogen-bond donors (Lipinski definition) is 1. The van der Waals surface area contributed by atoms with Crippen molar-refractivity contribution in [2.75, 3.05) is 0 Å². The van der Waals surface area contributed by atoms with Crippen LogP contribution in [0.1, 0.15) is 77.6 Å². The zero-order valence-corrected chi connectivity index (χ0v) is 11.3. The van der Waals surface area contributed by atoms with E-state index in [1.807, 2.05) is 0 Å². The maximum Gasteiger partial charge on any atom is 0.303 e. The molecule has 0 bridgehead atoms. The van der Waals surface area contributed by atoms with Gasteiger partial charge in [-0.2, -0.15) is 0 Å².